The zero-order valence-corrected chi connectivity index (χ0v) is 18.7. The van der Waals surface area contributed by atoms with Crippen molar-refractivity contribution in [3.05, 3.63) is 65.2 Å². The fourth-order valence-corrected chi connectivity index (χ4v) is 3.99. The Kier molecular flexibility index (Phi) is 7.83. The molecule has 8 nitrogen and oxygen atoms in total. The van der Waals surface area contributed by atoms with Gasteiger partial charge in [-0.15, -0.1) is 0 Å². The van der Waals surface area contributed by atoms with Crippen molar-refractivity contribution in [2.24, 2.45) is 0 Å². The van der Waals surface area contributed by atoms with Crippen molar-refractivity contribution in [2.75, 3.05) is 39.2 Å². The maximum Gasteiger partial charge on any atom is 0.337 e. The highest BCUT2D eigenvalue weighted by Crippen LogP contribution is 2.21. The number of nitrogens with zero attached hydrogens (tertiary/aromatic N) is 2. The van der Waals surface area contributed by atoms with Gasteiger partial charge >= 0.3 is 18.0 Å². The van der Waals surface area contributed by atoms with Crippen molar-refractivity contribution in [2.45, 2.75) is 25.9 Å². The number of methoxy groups -OCH3 is 2. The average molecular weight is 440 g/mol. The minimum Gasteiger partial charge on any atom is -0.465 e. The maximum atomic E-state index is 13.1. The molecular weight excluding hydrogens is 410 g/mol. The summed E-state index contributed by atoms with van der Waals surface area (Å²) in [6.45, 7) is 5.01. The second-order valence-electron chi connectivity index (χ2n) is 7.66. The van der Waals surface area contributed by atoms with E-state index in [9.17, 15) is 14.4 Å². The summed E-state index contributed by atoms with van der Waals surface area (Å²) in [6, 6.07) is 14.4. The molecule has 1 atom stereocenters. The molecule has 2 aromatic carbocycles. The quantitative estimate of drug-likeness (QED) is 0.666. The second kappa shape index (κ2) is 10.8. The molecule has 0 bridgehead atoms. The van der Waals surface area contributed by atoms with Crippen LogP contribution in [-0.4, -0.2) is 67.7 Å². The Morgan fingerprint density at radius 2 is 1.66 bits per heavy atom. The molecule has 3 rings (SSSR count). The van der Waals surface area contributed by atoms with Crippen LogP contribution in [0.5, 0.6) is 0 Å². The minimum atomic E-state index is -0.606. The highest BCUT2D eigenvalue weighted by atomic mass is 16.5. The third-order valence-electron chi connectivity index (χ3n) is 5.57. The van der Waals surface area contributed by atoms with Crippen LogP contribution in [0.15, 0.2) is 48.5 Å². The molecule has 0 aliphatic carbocycles. The number of anilines is 1. The molecule has 1 aliphatic rings. The van der Waals surface area contributed by atoms with E-state index in [4.69, 9.17) is 9.47 Å². The highest BCUT2D eigenvalue weighted by molar-refractivity contribution is 5.99. The number of rotatable bonds is 7. The molecule has 1 heterocycles. The van der Waals surface area contributed by atoms with Gasteiger partial charge in [0.2, 0.25) is 0 Å². The van der Waals surface area contributed by atoms with Gasteiger partial charge in [0.05, 0.1) is 25.3 Å². The van der Waals surface area contributed by atoms with Crippen molar-refractivity contribution in [1.82, 2.24) is 9.80 Å². The average Bonchev–Trinajstić information content (AvgIpc) is 3.26. The molecule has 32 heavy (non-hydrogen) atoms. The molecule has 2 aromatic rings. The van der Waals surface area contributed by atoms with Crippen molar-refractivity contribution in [1.29, 1.82) is 0 Å². The van der Waals surface area contributed by atoms with Gasteiger partial charge in [0, 0.05) is 37.9 Å². The van der Waals surface area contributed by atoms with E-state index in [0.717, 1.165) is 26.1 Å². The Morgan fingerprint density at radius 3 is 2.22 bits per heavy atom. The van der Waals surface area contributed by atoms with Gasteiger partial charge in [0.15, 0.2) is 0 Å². The van der Waals surface area contributed by atoms with Gasteiger partial charge in [-0.3, -0.25) is 4.90 Å². The molecule has 0 spiro atoms. The molecule has 1 saturated heterocycles. The Labute approximate surface area is 188 Å². The summed E-state index contributed by atoms with van der Waals surface area (Å²) in [7, 11) is 2.51. The predicted octanol–water partition coefficient (Wildman–Crippen LogP) is 3.39. The molecule has 0 aromatic heterocycles. The van der Waals surface area contributed by atoms with Crippen LogP contribution in [0.2, 0.25) is 0 Å². The summed E-state index contributed by atoms with van der Waals surface area (Å²) in [5.74, 6) is -1.21. The smallest absolute Gasteiger partial charge is 0.337 e. The van der Waals surface area contributed by atoms with E-state index in [2.05, 4.69) is 22.3 Å². The first-order valence-corrected chi connectivity index (χ1v) is 10.6. The third kappa shape index (κ3) is 5.64. The number of amides is 2. The fraction of sp³-hybridized carbons (Fsp3) is 0.375. The van der Waals surface area contributed by atoms with Crippen molar-refractivity contribution in [3.63, 3.8) is 0 Å². The van der Waals surface area contributed by atoms with Crippen molar-refractivity contribution in [3.8, 4) is 0 Å². The predicted molar refractivity (Wildman–Crippen MR) is 121 cm³/mol. The van der Waals surface area contributed by atoms with Crippen LogP contribution < -0.4 is 5.32 Å². The Bertz CT molecular complexity index is 929. The van der Waals surface area contributed by atoms with Crippen molar-refractivity contribution < 1.29 is 23.9 Å². The Balaban J connectivity index is 1.70. The summed E-state index contributed by atoms with van der Waals surface area (Å²) >= 11 is 0. The number of ether oxygens (including phenoxy) is 2. The lowest BCUT2D eigenvalue weighted by molar-refractivity contribution is 0.0599. The van der Waals surface area contributed by atoms with Crippen LogP contribution in [0.4, 0.5) is 10.5 Å². The molecule has 1 fully saturated rings. The van der Waals surface area contributed by atoms with Gasteiger partial charge in [0.25, 0.3) is 0 Å². The number of likely N-dealkylation sites (N-methyl/N-ethyl adjacent to an activating group) is 1. The number of esters is 2. The first-order valence-electron chi connectivity index (χ1n) is 10.6. The van der Waals surface area contributed by atoms with Crippen LogP contribution in [0.3, 0.4) is 0 Å². The molecule has 1 aliphatic heterocycles. The van der Waals surface area contributed by atoms with Gasteiger partial charge < -0.3 is 19.7 Å². The highest BCUT2D eigenvalue weighted by Gasteiger charge is 2.30. The number of carbonyl (C=O) groups excluding carboxylic acids is 3. The lowest BCUT2D eigenvalue weighted by atomic mass is 10.1. The van der Waals surface area contributed by atoms with Gasteiger partial charge in [-0.1, -0.05) is 30.3 Å². The molecule has 8 heteroatoms. The summed E-state index contributed by atoms with van der Waals surface area (Å²) in [5, 5.41) is 2.83. The lowest BCUT2D eigenvalue weighted by Gasteiger charge is -2.28. The third-order valence-corrected chi connectivity index (χ3v) is 5.57. The fourth-order valence-electron chi connectivity index (χ4n) is 3.99. The molecule has 1 N–H and O–H groups in total. The van der Waals surface area contributed by atoms with Crippen LogP contribution in [0.25, 0.3) is 0 Å². The van der Waals surface area contributed by atoms with Gasteiger partial charge in [-0.2, -0.15) is 0 Å². The summed E-state index contributed by atoms with van der Waals surface area (Å²) < 4.78 is 9.51. The molecule has 0 radical (unpaired) electrons. The number of carbonyl (C=O) groups is 3. The van der Waals surface area contributed by atoms with E-state index in [1.165, 1.54) is 38.0 Å². The minimum absolute atomic E-state index is 0.0765. The van der Waals surface area contributed by atoms with E-state index in [1.807, 2.05) is 25.1 Å². The van der Waals surface area contributed by atoms with Crippen molar-refractivity contribution >= 4 is 23.7 Å². The number of hydrogen-bond donors (Lipinski definition) is 1. The Morgan fingerprint density at radius 1 is 1.03 bits per heavy atom. The molecule has 2 amide bonds. The van der Waals surface area contributed by atoms with Gasteiger partial charge in [-0.05, 0) is 37.1 Å². The van der Waals surface area contributed by atoms with Crippen LogP contribution >= 0.6 is 0 Å². The standard InChI is InChI=1S/C24H29N3O5/c1-4-27(21-10-11-26(16-21)15-17-8-6-5-7-9-17)24(30)25-20-13-18(22(28)31-2)12-19(14-20)23(29)32-3/h5-9,12-14,21H,4,10-11,15-16H2,1-3H3,(H,25,30). The Hall–Kier alpha value is -3.39. The number of likely N-dealkylation sites (tertiary alicyclic amines) is 1. The maximum absolute atomic E-state index is 13.1. The molecule has 170 valence electrons. The zero-order valence-electron chi connectivity index (χ0n) is 18.7. The first-order chi connectivity index (χ1) is 15.4. The number of nitrogens with one attached hydrogen (secondary N) is 1. The van der Waals surface area contributed by atoms with E-state index >= 15 is 0 Å². The van der Waals surface area contributed by atoms with E-state index in [-0.39, 0.29) is 23.2 Å². The van der Waals surface area contributed by atoms with Crippen LogP contribution in [0, 0.1) is 0 Å². The zero-order chi connectivity index (χ0) is 23.1. The number of urea groups is 1. The van der Waals surface area contributed by atoms with Gasteiger partial charge in [-0.25, -0.2) is 14.4 Å². The molecule has 1 unspecified atom stereocenters. The summed E-state index contributed by atoms with van der Waals surface area (Å²) in [5.41, 5.74) is 1.89. The molecule has 0 saturated carbocycles. The molecular formula is C24H29N3O5. The monoisotopic (exact) mass is 439 g/mol. The summed E-state index contributed by atoms with van der Waals surface area (Å²) in [6.07, 6.45) is 0.879. The van der Waals surface area contributed by atoms with E-state index in [1.54, 1.807) is 4.90 Å². The number of hydrogen-bond acceptors (Lipinski definition) is 6. The van der Waals surface area contributed by atoms with Crippen LogP contribution in [-0.2, 0) is 16.0 Å². The SMILES string of the molecule is CCN(C(=O)Nc1cc(C(=O)OC)cc(C(=O)OC)c1)C1CCN(Cc2ccccc2)C1. The largest absolute Gasteiger partial charge is 0.465 e. The lowest BCUT2D eigenvalue weighted by Crippen LogP contribution is -2.44. The first kappa shape index (κ1) is 23.3. The topological polar surface area (TPSA) is 88.2 Å². The summed E-state index contributed by atoms with van der Waals surface area (Å²) in [4.78, 5) is 41.2. The number of benzene rings is 2. The second-order valence-corrected chi connectivity index (χ2v) is 7.66. The van der Waals surface area contributed by atoms with E-state index in [0.29, 0.717) is 12.2 Å². The van der Waals surface area contributed by atoms with Gasteiger partial charge in [0.1, 0.15) is 0 Å². The van der Waals surface area contributed by atoms with Crippen LogP contribution in [0.1, 0.15) is 39.6 Å². The normalized spacial score (nSPS) is 15.8. The van der Waals surface area contributed by atoms with E-state index < -0.39 is 11.9 Å².